The standard InChI is InChI=1S/C11H14F3N3O3/c1-20-6-2-3-7(9(18)19)16-10-15-5-4-8(17-10)11(12,13)14/h4-5,7H,2-3,6H2,1H3,(H,18,19)(H,15,16,17). The minimum absolute atomic E-state index is 0.183. The van der Waals surface area contributed by atoms with E-state index in [0.29, 0.717) is 19.1 Å². The Morgan fingerprint density at radius 3 is 2.80 bits per heavy atom. The van der Waals surface area contributed by atoms with Gasteiger partial charge in [-0.25, -0.2) is 14.8 Å². The number of carboxylic acids is 1. The highest BCUT2D eigenvalue weighted by Gasteiger charge is 2.33. The van der Waals surface area contributed by atoms with Gasteiger partial charge in [-0.05, 0) is 18.9 Å². The van der Waals surface area contributed by atoms with E-state index in [1.54, 1.807) is 0 Å². The molecule has 1 aromatic heterocycles. The summed E-state index contributed by atoms with van der Waals surface area (Å²) in [6.07, 6.45) is -3.05. The molecular formula is C11H14F3N3O3. The van der Waals surface area contributed by atoms with Crippen molar-refractivity contribution in [3.05, 3.63) is 18.0 Å². The number of rotatable bonds is 7. The monoisotopic (exact) mass is 293 g/mol. The molecule has 112 valence electrons. The number of aliphatic carboxylic acids is 1. The first kappa shape index (κ1) is 16.2. The van der Waals surface area contributed by atoms with Crippen molar-refractivity contribution in [2.24, 2.45) is 0 Å². The number of nitrogens with one attached hydrogen (secondary N) is 1. The zero-order valence-electron chi connectivity index (χ0n) is 10.6. The highest BCUT2D eigenvalue weighted by atomic mass is 19.4. The van der Waals surface area contributed by atoms with E-state index in [-0.39, 0.29) is 12.4 Å². The molecule has 0 fully saturated rings. The fourth-order valence-electron chi connectivity index (χ4n) is 1.43. The van der Waals surface area contributed by atoms with Crippen LogP contribution in [0.2, 0.25) is 0 Å². The molecule has 1 rings (SSSR count). The number of aromatic nitrogens is 2. The molecule has 1 aromatic rings. The van der Waals surface area contributed by atoms with Crippen LogP contribution in [0.4, 0.5) is 19.1 Å². The molecule has 1 unspecified atom stereocenters. The topological polar surface area (TPSA) is 84.3 Å². The minimum Gasteiger partial charge on any atom is -0.480 e. The van der Waals surface area contributed by atoms with Crippen LogP contribution in [-0.2, 0) is 15.7 Å². The van der Waals surface area contributed by atoms with Gasteiger partial charge in [0.05, 0.1) is 0 Å². The summed E-state index contributed by atoms with van der Waals surface area (Å²) < 4.78 is 42.2. The summed E-state index contributed by atoms with van der Waals surface area (Å²) in [6, 6.07) is -0.361. The number of nitrogens with zero attached hydrogens (tertiary/aromatic N) is 2. The smallest absolute Gasteiger partial charge is 0.433 e. The Kier molecular flexibility index (Phi) is 5.68. The molecule has 20 heavy (non-hydrogen) atoms. The molecule has 0 saturated heterocycles. The lowest BCUT2D eigenvalue weighted by molar-refractivity contribution is -0.141. The number of anilines is 1. The predicted molar refractivity (Wildman–Crippen MR) is 63.2 cm³/mol. The second-order valence-corrected chi connectivity index (χ2v) is 3.93. The van der Waals surface area contributed by atoms with Gasteiger partial charge >= 0.3 is 12.1 Å². The maximum absolute atomic E-state index is 12.5. The van der Waals surface area contributed by atoms with Crippen molar-refractivity contribution in [3.8, 4) is 0 Å². The first-order valence-electron chi connectivity index (χ1n) is 5.73. The Morgan fingerprint density at radius 2 is 2.25 bits per heavy atom. The average Bonchev–Trinajstić information content (AvgIpc) is 2.37. The molecule has 0 saturated carbocycles. The normalized spacial score (nSPS) is 13.0. The SMILES string of the molecule is COCCCC(Nc1nccc(C(F)(F)F)n1)C(=O)O. The number of alkyl halides is 3. The van der Waals surface area contributed by atoms with Gasteiger partial charge in [0.25, 0.3) is 0 Å². The Labute approximate surface area is 113 Å². The maximum Gasteiger partial charge on any atom is 0.433 e. The minimum atomic E-state index is -4.60. The van der Waals surface area contributed by atoms with Crippen molar-refractivity contribution in [1.82, 2.24) is 9.97 Å². The van der Waals surface area contributed by atoms with Gasteiger partial charge in [-0.15, -0.1) is 0 Å². The van der Waals surface area contributed by atoms with Crippen molar-refractivity contribution >= 4 is 11.9 Å². The van der Waals surface area contributed by atoms with Crippen molar-refractivity contribution in [1.29, 1.82) is 0 Å². The van der Waals surface area contributed by atoms with E-state index in [9.17, 15) is 18.0 Å². The lowest BCUT2D eigenvalue weighted by atomic mass is 10.1. The van der Waals surface area contributed by atoms with Gasteiger partial charge in [0.1, 0.15) is 11.7 Å². The summed E-state index contributed by atoms with van der Waals surface area (Å²) in [7, 11) is 1.47. The molecule has 9 heteroatoms. The third-order valence-electron chi connectivity index (χ3n) is 2.39. The molecule has 0 bridgehead atoms. The van der Waals surface area contributed by atoms with Crippen LogP contribution < -0.4 is 5.32 Å². The molecule has 0 radical (unpaired) electrons. The van der Waals surface area contributed by atoms with Gasteiger partial charge in [0.2, 0.25) is 5.95 Å². The van der Waals surface area contributed by atoms with Crippen molar-refractivity contribution in [3.63, 3.8) is 0 Å². The summed E-state index contributed by atoms with van der Waals surface area (Å²) in [5, 5.41) is 11.4. The van der Waals surface area contributed by atoms with Crippen molar-refractivity contribution in [2.45, 2.75) is 25.1 Å². The molecule has 0 amide bonds. The molecule has 0 aliphatic heterocycles. The number of hydrogen-bond donors (Lipinski definition) is 2. The van der Waals surface area contributed by atoms with Gasteiger partial charge in [-0.1, -0.05) is 0 Å². The van der Waals surface area contributed by atoms with Crippen LogP contribution in [0.3, 0.4) is 0 Å². The zero-order valence-corrected chi connectivity index (χ0v) is 10.6. The summed E-state index contributed by atoms with van der Waals surface area (Å²) in [5.74, 6) is -1.56. The summed E-state index contributed by atoms with van der Waals surface area (Å²) in [4.78, 5) is 17.8. The fourth-order valence-corrected chi connectivity index (χ4v) is 1.43. The third-order valence-corrected chi connectivity index (χ3v) is 2.39. The number of carbonyl (C=O) groups is 1. The first-order valence-corrected chi connectivity index (χ1v) is 5.73. The molecule has 1 atom stereocenters. The predicted octanol–water partition coefficient (Wildman–Crippen LogP) is 1.79. The first-order chi connectivity index (χ1) is 9.34. The molecule has 0 spiro atoms. The van der Waals surface area contributed by atoms with Gasteiger partial charge in [-0.2, -0.15) is 13.2 Å². The number of ether oxygens (including phenoxy) is 1. The average molecular weight is 293 g/mol. The fraction of sp³-hybridized carbons (Fsp3) is 0.545. The maximum atomic E-state index is 12.5. The van der Waals surface area contributed by atoms with Crippen molar-refractivity contribution < 1.29 is 27.8 Å². The second-order valence-electron chi connectivity index (χ2n) is 3.93. The zero-order chi connectivity index (χ0) is 15.2. The molecule has 0 aliphatic rings. The molecule has 1 heterocycles. The van der Waals surface area contributed by atoms with Crippen LogP contribution in [-0.4, -0.2) is 40.8 Å². The summed E-state index contributed by atoms with van der Waals surface area (Å²) in [5.41, 5.74) is -1.13. The summed E-state index contributed by atoms with van der Waals surface area (Å²) >= 11 is 0. The van der Waals surface area contributed by atoms with Gasteiger partial charge < -0.3 is 15.2 Å². The number of methoxy groups -OCH3 is 1. The highest BCUT2D eigenvalue weighted by molar-refractivity contribution is 5.76. The Bertz CT molecular complexity index is 454. The third kappa shape index (κ3) is 5.00. The van der Waals surface area contributed by atoms with E-state index in [1.165, 1.54) is 7.11 Å². The molecule has 0 aromatic carbocycles. The number of carboxylic acid groups (broad SMARTS) is 1. The van der Waals surface area contributed by atoms with Crippen LogP contribution in [0, 0.1) is 0 Å². The molecule has 2 N–H and O–H groups in total. The second kappa shape index (κ2) is 7.04. The van der Waals surface area contributed by atoms with Crippen LogP contribution in [0.15, 0.2) is 12.3 Å². The quantitative estimate of drug-likeness (QED) is 0.746. The van der Waals surface area contributed by atoms with Crippen molar-refractivity contribution in [2.75, 3.05) is 19.0 Å². The molecule has 0 aliphatic carbocycles. The molecular weight excluding hydrogens is 279 g/mol. The Balaban J connectivity index is 2.76. The Morgan fingerprint density at radius 1 is 1.55 bits per heavy atom. The van der Waals surface area contributed by atoms with Crippen LogP contribution >= 0.6 is 0 Å². The Hall–Kier alpha value is -1.90. The van der Waals surface area contributed by atoms with Crippen LogP contribution in [0.25, 0.3) is 0 Å². The van der Waals surface area contributed by atoms with Crippen LogP contribution in [0.5, 0.6) is 0 Å². The lowest BCUT2D eigenvalue weighted by Crippen LogP contribution is -2.30. The highest BCUT2D eigenvalue weighted by Crippen LogP contribution is 2.27. The number of halogens is 3. The van der Waals surface area contributed by atoms with E-state index >= 15 is 0 Å². The van der Waals surface area contributed by atoms with E-state index < -0.39 is 23.9 Å². The van der Waals surface area contributed by atoms with E-state index in [0.717, 1.165) is 6.20 Å². The van der Waals surface area contributed by atoms with E-state index in [4.69, 9.17) is 9.84 Å². The van der Waals surface area contributed by atoms with Gasteiger partial charge in [-0.3, -0.25) is 0 Å². The number of hydrogen-bond acceptors (Lipinski definition) is 5. The van der Waals surface area contributed by atoms with E-state index in [2.05, 4.69) is 15.3 Å². The summed E-state index contributed by atoms with van der Waals surface area (Å²) in [6.45, 7) is 0.356. The lowest BCUT2D eigenvalue weighted by Gasteiger charge is -2.15. The van der Waals surface area contributed by atoms with Gasteiger partial charge in [0, 0.05) is 19.9 Å². The van der Waals surface area contributed by atoms with Crippen LogP contribution in [0.1, 0.15) is 18.5 Å². The van der Waals surface area contributed by atoms with Gasteiger partial charge in [0.15, 0.2) is 0 Å². The molecule has 6 nitrogen and oxygen atoms in total. The largest absolute Gasteiger partial charge is 0.480 e. The van der Waals surface area contributed by atoms with E-state index in [1.807, 2.05) is 0 Å².